The highest BCUT2D eigenvalue weighted by molar-refractivity contribution is 14.1. The molecule has 0 bridgehead atoms. The van der Waals surface area contributed by atoms with Gasteiger partial charge in [0.05, 0.1) is 0 Å². The molecule has 1 aliphatic rings. The third-order valence-corrected chi connectivity index (χ3v) is 4.58. The van der Waals surface area contributed by atoms with Gasteiger partial charge in [-0.3, -0.25) is 9.36 Å². The van der Waals surface area contributed by atoms with Crippen molar-refractivity contribution in [3.8, 4) is 0 Å². The molecule has 0 aliphatic carbocycles. The molecule has 0 spiro atoms. The van der Waals surface area contributed by atoms with Crippen LogP contribution in [0.4, 0.5) is 0 Å². The Morgan fingerprint density at radius 1 is 1.83 bits per heavy atom. The second kappa shape index (κ2) is 3.37. The first-order chi connectivity index (χ1) is 5.81. The molecule has 0 radical (unpaired) electrons. The summed E-state index contributed by atoms with van der Waals surface area (Å²) in [5.74, 6) is 0. The van der Waals surface area contributed by atoms with Gasteiger partial charge >= 0.3 is 0 Å². The van der Waals surface area contributed by atoms with Gasteiger partial charge in [0.1, 0.15) is 0 Å². The highest BCUT2D eigenvalue weighted by Crippen LogP contribution is 2.29. The fraction of sp³-hybridized carbons (Fsp3) is 0.429. The van der Waals surface area contributed by atoms with Crippen molar-refractivity contribution in [1.82, 2.24) is 9.55 Å². The number of alkyl halides is 1. The average Bonchev–Trinajstić information content (AvgIpc) is 2.49. The molecule has 0 saturated carbocycles. The summed E-state index contributed by atoms with van der Waals surface area (Å²) < 4.78 is 2.80. The fourth-order valence-electron chi connectivity index (χ4n) is 1.15. The van der Waals surface area contributed by atoms with Crippen molar-refractivity contribution in [3.05, 3.63) is 22.6 Å². The van der Waals surface area contributed by atoms with Gasteiger partial charge in [0.2, 0.25) is 0 Å². The van der Waals surface area contributed by atoms with Crippen LogP contribution >= 0.6 is 34.4 Å². The summed E-state index contributed by atoms with van der Waals surface area (Å²) in [7, 11) is 0. The highest BCUT2D eigenvalue weighted by atomic mass is 127. The number of thioether (sulfide) groups is 1. The lowest BCUT2D eigenvalue weighted by atomic mass is 10.4. The zero-order valence-electron chi connectivity index (χ0n) is 6.24. The Bertz CT molecular complexity index is 352. The number of aromatic nitrogens is 2. The third kappa shape index (κ3) is 1.39. The SMILES string of the molecule is O=c1ccnc2n1CC(CI)S2. The van der Waals surface area contributed by atoms with E-state index in [1.807, 2.05) is 0 Å². The molecular weight excluding hydrogens is 287 g/mol. The summed E-state index contributed by atoms with van der Waals surface area (Å²) in [5, 5.41) is 1.39. The Hall–Kier alpha value is -0.0400. The molecule has 1 atom stereocenters. The molecule has 0 fully saturated rings. The van der Waals surface area contributed by atoms with E-state index in [0.29, 0.717) is 5.25 Å². The second-order valence-corrected chi connectivity index (χ2v) is 4.72. The summed E-state index contributed by atoms with van der Waals surface area (Å²) in [5.41, 5.74) is 0.0693. The molecule has 0 amide bonds. The number of hydrogen-bond donors (Lipinski definition) is 0. The Morgan fingerprint density at radius 3 is 3.33 bits per heavy atom. The van der Waals surface area contributed by atoms with Crippen molar-refractivity contribution in [2.75, 3.05) is 4.43 Å². The van der Waals surface area contributed by atoms with E-state index < -0.39 is 0 Å². The Kier molecular flexibility index (Phi) is 2.40. The minimum atomic E-state index is 0.0693. The van der Waals surface area contributed by atoms with E-state index in [4.69, 9.17) is 0 Å². The Balaban J connectivity index is 2.42. The zero-order valence-corrected chi connectivity index (χ0v) is 9.21. The third-order valence-electron chi connectivity index (χ3n) is 1.73. The number of rotatable bonds is 1. The molecule has 2 rings (SSSR count). The maximum Gasteiger partial charge on any atom is 0.254 e. The predicted molar refractivity (Wildman–Crippen MR) is 57.0 cm³/mol. The molecule has 1 aromatic rings. The van der Waals surface area contributed by atoms with Crippen LogP contribution in [0.2, 0.25) is 0 Å². The Labute approximate surface area is 87.7 Å². The Morgan fingerprint density at radius 2 is 2.67 bits per heavy atom. The summed E-state index contributed by atoms with van der Waals surface area (Å²) in [6.45, 7) is 0.815. The van der Waals surface area contributed by atoms with E-state index in [-0.39, 0.29) is 5.56 Å². The monoisotopic (exact) mass is 294 g/mol. The predicted octanol–water partition coefficient (Wildman–Crippen LogP) is 1.15. The zero-order chi connectivity index (χ0) is 8.55. The van der Waals surface area contributed by atoms with Gasteiger partial charge < -0.3 is 0 Å². The topological polar surface area (TPSA) is 34.9 Å². The summed E-state index contributed by atoms with van der Waals surface area (Å²) in [6.07, 6.45) is 1.58. The molecule has 3 nitrogen and oxygen atoms in total. The standard InChI is InChI=1S/C7H7IN2OS/c8-3-5-4-10-6(11)1-2-9-7(10)12-5/h1-2,5H,3-4H2. The van der Waals surface area contributed by atoms with Crippen LogP contribution in [0.25, 0.3) is 0 Å². The average molecular weight is 294 g/mol. The van der Waals surface area contributed by atoms with Crippen LogP contribution in [0.5, 0.6) is 0 Å². The van der Waals surface area contributed by atoms with Crippen molar-refractivity contribution >= 4 is 34.4 Å². The molecule has 2 heterocycles. The lowest BCUT2D eigenvalue weighted by Gasteiger charge is -1.98. The molecule has 1 aliphatic heterocycles. The normalized spacial score (nSPS) is 20.9. The van der Waals surface area contributed by atoms with Gasteiger partial charge in [-0.2, -0.15) is 0 Å². The molecule has 64 valence electrons. The van der Waals surface area contributed by atoms with Crippen molar-refractivity contribution < 1.29 is 0 Å². The molecule has 1 aromatic heterocycles. The van der Waals surface area contributed by atoms with Gasteiger partial charge in [-0.15, -0.1) is 0 Å². The van der Waals surface area contributed by atoms with E-state index in [9.17, 15) is 4.79 Å². The highest BCUT2D eigenvalue weighted by Gasteiger charge is 2.22. The summed E-state index contributed by atoms with van der Waals surface area (Å²) in [6, 6.07) is 1.51. The van der Waals surface area contributed by atoms with Gasteiger partial charge in [-0.25, -0.2) is 4.98 Å². The number of nitrogens with zero attached hydrogens (tertiary/aromatic N) is 2. The van der Waals surface area contributed by atoms with Crippen LogP contribution in [-0.4, -0.2) is 19.2 Å². The van der Waals surface area contributed by atoms with Gasteiger partial charge in [-0.05, 0) is 0 Å². The van der Waals surface area contributed by atoms with Crippen LogP contribution in [0.15, 0.2) is 22.2 Å². The molecule has 5 heteroatoms. The maximum absolute atomic E-state index is 11.3. The molecular formula is C7H7IN2OS. The van der Waals surface area contributed by atoms with E-state index >= 15 is 0 Å². The lowest BCUT2D eigenvalue weighted by Crippen LogP contribution is -2.20. The summed E-state index contributed by atoms with van der Waals surface area (Å²) in [4.78, 5) is 15.4. The van der Waals surface area contributed by atoms with Gasteiger partial charge in [-0.1, -0.05) is 34.4 Å². The number of fused-ring (bicyclic) bond motifs is 1. The maximum atomic E-state index is 11.3. The number of halogens is 1. The number of hydrogen-bond acceptors (Lipinski definition) is 3. The van der Waals surface area contributed by atoms with E-state index in [1.54, 1.807) is 22.5 Å². The first kappa shape index (κ1) is 8.55. The van der Waals surface area contributed by atoms with Crippen LogP contribution in [-0.2, 0) is 6.54 Å². The smallest absolute Gasteiger partial charge is 0.254 e. The molecule has 0 N–H and O–H groups in total. The van der Waals surface area contributed by atoms with E-state index in [0.717, 1.165) is 16.1 Å². The molecule has 12 heavy (non-hydrogen) atoms. The molecule has 0 saturated heterocycles. The van der Waals surface area contributed by atoms with E-state index in [1.165, 1.54) is 6.07 Å². The van der Waals surface area contributed by atoms with Crippen LogP contribution < -0.4 is 5.56 Å². The second-order valence-electron chi connectivity index (χ2n) is 2.57. The first-order valence-corrected chi connectivity index (χ1v) is 6.00. The van der Waals surface area contributed by atoms with Crippen LogP contribution in [0.3, 0.4) is 0 Å². The largest absolute Gasteiger partial charge is 0.286 e. The van der Waals surface area contributed by atoms with Crippen molar-refractivity contribution in [2.45, 2.75) is 17.0 Å². The van der Waals surface area contributed by atoms with E-state index in [2.05, 4.69) is 27.6 Å². The fourth-order valence-corrected chi connectivity index (χ4v) is 2.97. The quantitative estimate of drug-likeness (QED) is 0.443. The minimum absolute atomic E-state index is 0.0693. The first-order valence-electron chi connectivity index (χ1n) is 3.59. The van der Waals surface area contributed by atoms with Gasteiger partial charge in [0, 0.05) is 28.5 Å². The summed E-state index contributed by atoms with van der Waals surface area (Å²) >= 11 is 4.03. The van der Waals surface area contributed by atoms with Crippen molar-refractivity contribution in [1.29, 1.82) is 0 Å². The van der Waals surface area contributed by atoms with Gasteiger partial charge in [0.25, 0.3) is 5.56 Å². The van der Waals surface area contributed by atoms with Crippen LogP contribution in [0.1, 0.15) is 0 Å². The van der Waals surface area contributed by atoms with Crippen LogP contribution in [0, 0.1) is 0 Å². The van der Waals surface area contributed by atoms with Crippen molar-refractivity contribution in [3.63, 3.8) is 0 Å². The molecule has 1 unspecified atom stereocenters. The van der Waals surface area contributed by atoms with Crippen molar-refractivity contribution in [2.24, 2.45) is 0 Å². The van der Waals surface area contributed by atoms with Gasteiger partial charge in [0.15, 0.2) is 5.16 Å². The molecule has 0 aromatic carbocycles. The minimum Gasteiger partial charge on any atom is -0.286 e. The lowest BCUT2D eigenvalue weighted by molar-refractivity contribution is 0.623.